The van der Waals surface area contributed by atoms with Crippen LogP contribution < -0.4 is 10.2 Å². The Hall–Kier alpha value is -4.36. The number of fused-ring (bicyclic) bond motifs is 1. The molecule has 2 aromatic heterocycles. The molecule has 0 bridgehead atoms. The van der Waals surface area contributed by atoms with E-state index >= 15 is 4.39 Å². The number of aromatic nitrogens is 2. The third-order valence-corrected chi connectivity index (χ3v) is 7.49. The first-order valence-electron chi connectivity index (χ1n) is 12.0. The number of rotatable bonds is 7. The van der Waals surface area contributed by atoms with Crippen molar-refractivity contribution in [3.63, 3.8) is 0 Å². The van der Waals surface area contributed by atoms with Crippen LogP contribution in [0.4, 0.5) is 27.5 Å². The fourth-order valence-electron chi connectivity index (χ4n) is 4.22. The van der Waals surface area contributed by atoms with Crippen molar-refractivity contribution in [3.8, 4) is 0 Å². The molecule has 4 aromatic rings. The number of piperazine rings is 1. The number of likely N-dealkylation sites (N-methyl/N-ethyl adjacent to an activating group) is 1. The molecule has 3 heterocycles. The Morgan fingerprint density at radius 1 is 1.05 bits per heavy atom. The maximum Gasteiger partial charge on any atom is 0.433 e. The van der Waals surface area contributed by atoms with Crippen LogP contribution in [0.25, 0.3) is 23.1 Å². The molecule has 0 saturated carbocycles. The number of anilines is 3. The lowest BCUT2D eigenvalue weighted by molar-refractivity contribution is -0.402. The lowest BCUT2D eigenvalue weighted by atomic mass is 10.1. The summed E-state index contributed by atoms with van der Waals surface area (Å²) in [4.78, 5) is 23.7. The highest BCUT2D eigenvalue weighted by Crippen LogP contribution is 2.32. The fourth-order valence-corrected chi connectivity index (χ4v) is 4.86. The average Bonchev–Trinajstić information content (AvgIpc) is 3.37. The summed E-state index contributed by atoms with van der Waals surface area (Å²) in [5.41, 5.74) is 1.37. The number of sulfone groups is 1. The number of halogens is 1. The zero-order chi connectivity index (χ0) is 27.7. The zero-order valence-electron chi connectivity index (χ0n) is 21.2. The van der Waals surface area contributed by atoms with E-state index in [-0.39, 0.29) is 16.5 Å². The van der Waals surface area contributed by atoms with Crippen molar-refractivity contribution in [2.75, 3.05) is 49.7 Å². The van der Waals surface area contributed by atoms with Gasteiger partial charge in [0.2, 0.25) is 0 Å². The van der Waals surface area contributed by atoms with Crippen molar-refractivity contribution in [2.45, 2.75) is 4.90 Å². The van der Waals surface area contributed by atoms with Gasteiger partial charge in [0.1, 0.15) is 22.3 Å². The van der Waals surface area contributed by atoms with Crippen molar-refractivity contribution < 1.29 is 22.1 Å². The highest BCUT2D eigenvalue weighted by atomic mass is 32.2. The third-order valence-electron chi connectivity index (χ3n) is 6.36. The molecule has 0 radical (unpaired) electrons. The Labute approximate surface area is 223 Å². The van der Waals surface area contributed by atoms with Gasteiger partial charge >= 0.3 is 5.88 Å². The number of nitrogens with zero attached hydrogens (tertiary/aromatic N) is 5. The molecule has 1 fully saturated rings. The summed E-state index contributed by atoms with van der Waals surface area (Å²) in [6.07, 6.45) is 4.12. The second-order valence-electron chi connectivity index (χ2n) is 9.23. The quantitative estimate of drug-likeness (QED) is 0.261. The maximum atomic E-state index is 15.3. The number of benzene rings is 2. The predicted octanol–water partition coefficient (Wildman–Crippen LogP) is 4.34. The van der Waals surface area contributed by atoms with E-state index in [4.69, 9.17) is 4.42 Å². The molecule has 0 atom stereocenters. The molecular weight excluding hydrogens is 527 g/mol. The van der Waals surface area contributed by atoms with Crippen molar-refractivity contribution in [3.05, 3.63) is 76.0 Å². The van der Waals surface area contributed by atoms with Crippen molar-refractivity contribution in [1.82, 2.24) is 14.9 Å². The second kappa shape index (κ2) is 10.4. The number of furan rings is 1. The molecule has 2 aromatic carbocycles. The van der Waals surface area contributed by atoms with Crippen LogP contribution in [0.15, 0.2) is 57.8 Å². The van der Waals surface area contributed by atoms with Gasteiger partial charge in [-0.05, 0) is 55.6 Å². The molecule has 0 aliphatic carbocycles. The molecule has 1 saturated heterocycles. The molecule has 0 amide bonds. The van der Waals surface area contributed by atoms with Gasteiger partial charge in [0, 0.05) is 49.6 Å². The topological polar surface area (TPSA) is 135 Å². The van der Waals surface area contributed by atoms with Crippen LogP contribution in [0.5, 0.6) is 0 Å². The summed E-state index contributed by atoms with van der Waals surface area (Å²) >= 11 is 0. The SMILES string of the molecule is CN1CCN(c2cc3c(Nc4ccc(S(C)(=O)=O)cc4)nc(C=Cc4ccc([N+](=O)[O-])o4)nc3cc2F)CC1. The summed E-state index contributed by atoms with van der Waals surface area (Å²) in [7, 11) is -1.34. The van der Waals surface area contributed by atoms with Crippen molar-refractivity contribution in [1.29, 1.82) is 0 Å². The maximum absolute atomic E-state index is 15.3. The van der Waals surface area contributed by atoms with E-state index in [1.165, 1.54) is 42.5 Å². The molecule has 1 N–H and O–H groups in total. The van der Waals surface area contributed by atoms with E-state index in [0.29, 0.717) is 41.2 Å². The normalized spacial score (nSPS) is 14.8. The van der Waals surface area contributed by atoms with Gasteiger partial charge in [-0.2, -0.15) is 0 Å². The van der Waals surface area contributed by atoms with E-state index in [2.05, 4.69) is 20.2 Å². The van der Waals surface area contributed by atoms with E-state index in [1.54, 1.807) is 18.2 Å². The van der Waals surface area contributed by atoms with E-state index in [9.17, 15) is 18.5 Å². The molecule has 0 spiro atoms. The van der Waals surface area contributed by atoms with Gasteiger partial charge in [0.05, 0.1) is 22.2 Å². The molecule has 0 unspecified atom stereocenters. The molecule has 39 heavy (non-hydrogen) atoms. The lowest BCUT2D eigenvalue weighted by Crippen LogP contribution is -2.44. The Balaban J connectivity index is 1.56. The van der Waals surface area contributed by atoms with Crippen LogP contribution >= 0.6 is 0 Å². The number of hydrogen-bond acceptors (Lipinski definition) is 10. The van der Waals surface area contributed by atoms with E-state index in [0.717, 1.165) is 19.3 Å². The summed E-state index contributed by atoms with van der Waals surface area (Å²) < 4.78 is 44.1. The third kappa shape index (κ3) is 5.89. The number of nitrogens with one attached hydrogen (secondary N) is 1. The van der Waals surface area contributed by atoms with Crippen molar-refractivity contribution in [2.24, 2.45) is 0 Å². The van der Waals surface area contributed by atoms with Gasteiger partial charge in [-0.3, -0.25) is 10.1 Å². The molecule has 13 heteroatoms. The first kappa shape index (κ1) is 26.3. The standard InChI is InChI=1S/C26H25FN6O5S/c1-31-11-13-32(14-12-31)23-15-20-22(16-21(23)27)29-24(9-5-18-6-10-25(38-18)33(34)35)30-26(20)28-17-3-7-19(8-4-17)39(2,36)37/h3-10,15-16H,11-14H2,1-2H3,(H,28,29,30). The molecule has 11 nitrogen and oxygen atoms in total. The lowest BCUT2D eigenvalue weighted by Gasteiger charge is -2.34. The van der Waals surface area contributed by atoms with E-state index < -0.39 is 26.5 Å². The molecule has 1 aliphatic rings. The predicted molar refractivity (Wildman–Crippen MR) is 146 cm³/mol. The summed E-state index contributed by atoms with van der Waals surface area (Å²) in [5.74, 6) is 0.0160. The average molecular weight is 553 g/mol. The molecule has 202 valence electrons. The zero-order valence-corrected chi connectivity index (χ0v) is 22.0. The van der Waals surface area contributed by atoms with Gasteiger partial charge < -0.3 is 19.5 Å². The largest absolute Gasteiger partial charge is 0.433 e. The smallest absolute Gasteiger partial charge is 0.401 e. The summed E-state index contributed by atoms with van der Waals surface area (Å²) in [6.45, 7) is 2.96. The van der Waals surface area contributed by atoms with Crippen LogP contribution in [0.2, 0.25) is 0 Å². The first-order valence-corrected chi connectivity index (χ1v) is 13.9. The minimum absolute atomic E-state index is 0.177. The number of hydrogen-bond donors (Lipinski definition) is 1. The monoisotopic (exact) mass is 552 g/mol. The minimum atomic E-state index is -3.36. The Morgan fingerprint density at radius 2 is 1.77 bits per heavy atom. The fraction of sp³-hybridized carbons (Fsp3) is 0.231. The van der Waals surface area contributed by atoms with Crippen LogP contribution in [-0.4, -0.2) is 67.7 Å². The highest BCUT2D eigenvalue weighted by molar-refractivity contribution is 7.90. The highest BCUT2D eigenvalue weighted by Gasteiger charge is 2.20. The summed E-state index contributed by atoms with van der Waals surface area (Å²) in [5, 5.41) is 14.7. The second-order valence-corrected chi connectivity index (χ2v) is 11.2. The first-order chi connectivity index (χ1) is 18.6. The van der Waals surface area contributed by atoms with Crippen LogP contribution in [0.3, 0.4) is 0 Å². The van der Waals surface area contributed by atoms with Crippen LogP contribution in [0, 0.1) is 15.9 Å². The Kier molecular flexibility index (Phi) is 7.02. The molecule has 5 rings (SSSR count). The Morgan fingerprint density at radius 3 is 2.41 bits per heavy atom. The minimum Gasteiger partial charge on any atom is -0.401 e. The van der Waals surface area contributed by atoms with Crippen LogP contribution in [0.1, 0.15) is 11.6 Å². The van der Waals surface area contributed by atoms with E-state index in [1.807, 2.05) is 11.9 Å². The van der Waals surface area contributed by atoms with Gasteiger partial charge in [-0.15, -0.1) is 0 Å². The van der Waals surface area contributed by atoms with Gasteiger partial charge in [0.25, 0.3) is 0 Å². The van der Waals surface area contributed by atoms with Crippen LogP contribution in [-0.2, 0) is 9.84 Å². The van der Waals surface area contributed by atoms with Gasteiger partial charge in [-0.25, -0.2) is 22.8 Å². The molecular formula is C26H25FN6O5S. The number of nitro groups is 1. The van der Waals surface area contributed by atoms with Gasteiger partial charge in [-0.1, -0.05) is 0 Å². The summed E-state index contributed by atoms with van der Waals surface area (Å²) in [6, 6.07) is 12.0. The Bertz CT molecular complexity index is 1680. The van der Waals surface area contributed by atoms with Gasteiger partial charge in [0.15, 0.2) is 15.7 Å². The molecule has 1 aliphatic heterocycles. The van der Waals surface area contributed by atoms with Crippen molar-refractivity contribution >= 4 is 56.0 Å².